The maximum Gasteiger partial charge on any atom is 0.206 e. The fourth-order valence-electron chi connectivity index (χ4n) is 1.49. The number of hydrogen-bond donors (Lipinski definition) is 3. The lowest BCUT2D eigenvalue weighted by Gasteiger charge is -2.17. The molecular weight excluding hydrogens is 235 g/mol. The second-order valence-corrected chi connectivity index (χ2v) is 3.76. The number of rotatable bonds is 5. The monoisotopic (exact) mass is 254 g/mol. The Bertz CT molecular complexity index is 397. The Labute approximate surface area is 106 Å². The summed E-state index contributed by atoms with van der Waals surface area (Å²) in [5.74, 6) is 5.49. The van der Waals surface area contributed by atoms with E-state index in [1.807, 2.05) is 6.92 Å². The number of methoxy groups -OCH3 is 1. The van der Waals surface area contributed by atoms with Gasteiger partial charge in [-0.3, -0.25) is 5.43 Å². The Hall–Kier alpha value is -1.66. The van der Waals surface area contributed by atoms with Crippen LogP contribution in [0.5, 0.6) is 0 Å². The summed E-state index contributed by atoms with van der Waals surface area (Å²) in [6.45, 7) is 2.82. The zero-order valence-electron chi connectivity index (χ0n) is 10.6. The van der Waals surface area contributed by atoms with Gasteiger partial charge < -0.3 is 10.1 Å². The first kappa shape index (κ1) is 14.4. The van der Waals surface area contributed by atoms with Crippen molar-refractivity contribution < 1.29 is 9.13 Å². The van der Waals surface area contributed by atoms with E-state index in [-0.39, 0.29) is 11.9 Å². The molecule has 1 aromatic rings. The smallest absolute Gasteiger partial charge is 0.206 e. The van der Waals surface area contributed by atoms with Crippen LogP contribution >= 0.6 is 0 Å². The van der Waals surface area contributed by atoms with Gasteiger partial charge in [-0.25, -0.2) is 15.2 Å². The topological polar surface area (TPSA) is 71.7 Å². The summed E-state index contributed by atoms with van der Waals surface area (Å²) in [4.78, 5) is 4.15. The number of halogens is 1. The first-order chi connectivity index (χ1) is 8.69. The number of hydrogen-bond acceptors (Lipinski definition) is 3. The third-order valence-electron chi connectivity index (χ3n) is 2.43. The Balaban J connectivity index is 2.65. The van der Waals surface area contributed by atoms with Gasteiger partial charge in [0.25, 0.3) is 0 Å². The molecule has 0 aromatic heterocycles. The van der Waals surface area contributed by atoms with Crippen LogP contribution in [0.4, 0.5) is 4.39 Å². The fraction of sp³-hybridized carbons (Fsp3) is 0.417. The molecule has 0 spiro atoms. The van der Waals surface area contributed by atoms with Crippen LogP contribution in [0.1, 0.15) is 18.5 Å². The molecule has 0 aliphatic carbocycles. The van der Waals surface area contributed by atoms with Crippen LogP contribution < -0.4 is 16.6 Å². The van der Waals surface area contributed by atoms with Crippen molar-refractivity contribution >= 4 is 5.96 Å². The van der Waals surface area contributed by atoms with Crippen molar-refractivity contribution in [3.05, 3.63) is 35.6 Å². The molecule has 100 valence electrons. The van der Waals surface area contributed by atoms with Crippen LogP contribution in [0.3, 0.4) is 0 Å². The Morgan fingerprint density at radius 1 is 1.50 bits per heavy atom. The van der Waals surface area contributed by atoms with Crippen molar-refractivity contribution in [2.45, 2.75) is 13.0 Å². The molecule has 0 heterocycles. The first-order valence-corrected chi connectivity index (χ1v) is 5.70. The van der Waals surface area contributed by atoms with Gasteiger partial charge in [0.2, 0.25) is 5.96 Å². The molecular formula is C12H19FN4O. The number of nitrogens with two attached hydrogens (primary N) is 1. The Morgan fingerprint density at radius 3 is 2.83 bits per heavy atom. The molecule has 0 saturated heterocycles. The number of aliphatic imine (C=N–C) groups is 1. The molecule has 1 atom stereocenters. The first-order valence-electron chi connectivity index (χ1n) is 5.70. The van der Waals surface area contributed by atoms with E-state index < -0.39 is 0 Å². The van der Waals surface area contributed by atoms with Gasteiger partial charge in [-0.05, 0) is 13.0 Å². The summed E-state index contributed by atoms with van der Waals surface area (Å²) < 4.78 is 18.4. The minimum atomic E-state index is -0.259. The van der Waals surface area contributed by atoms with E-state index in [1.165, 1.54) is 6.07 Å². The predicted octanol–water partition coefficient (Wildman–Crippen LogP) is 0.942. The van der Waals surface area contributed by atoms with Crippen molar-refractivity contribution in [2.24, 2.45) is 10.8 Å². The maximum absolute atomic E-state index is 13.5. The number of ether oxygens (including phenoxy) is 1. The molecule has 1 aromatic carbocycles. The largest absolute Gasteiger partial charge is 0.383 e. The van der Waals surface area contributed by atoms with E-state index in [4.69, 9.17) is 10.6 Å². The molecule has 0 aliphatic heterocycles. The number of nitrogens with one attached hydrogen (secondary N) is 2. The van der Waals surface area contributed by atoms with E-state index in [0.717, 1.165) is 0 Å². The van der Waals surface area contributed by atoms with Gasteiger partial charge in [0.1, 0.15) is 5.82 Å². The summed E-state index contributed by atoms with van der Waals surface area (Å²) in [6, 6.07) is 6.35. The van der Waals surface area contributed by atoms with Crippen LogP contribution in [0.15, 0.2) is 29.3 Å². The SMILES string of the molecule is COCCN=C(NN)NC(C)c1ccccc1F. The molecule has 0 fully saturated rings. The molecule has 0 radical (unpaired) electrons. The van der Waals surface area contributed by atoms with Crippen LogP contribution in [-0.2, 0) is 4.74 Å². The zero-order valence-corrected chi connectivity index (χ0v) is 10.6. The van der Waals surface area contributed by atoms with E-state index in [0.29, 0.717) is 24.7 Å². The highest BCUT2D eigenvalue weighted by atomic mass is 19.1. The van der Waals surface area contributed by atoms with E-state index in [2.05, 4.69) is 15.7 Å². The predicted molar refractivity (Wildman–Crippen MR) is 69.5 cm³/mol. The normalized spacial score (nSPS) is 13.2. The van der Waals surface area contributed by atoms with E-state index >= 15 is 0 Å². The van der Waals surface area contributed by atoms with Gasteiger partial charge in [0, 0.05) is 12.7 Å². The number of benzene rings is 1. The molecule has 4 N–H and O–H groups in total. The maximum atomic E-state index is 13.5. The average Bonchev–Trinajstić information content (AvgIpc) is 2.38. The van der Waals surface area contributed by atoms with E-state index in [9.17, 15) is 4.39 Å². The Morgan fingerprint density at radius 2 is 2.22 bits per heavy atom. The summed E-state index contributed by atoms with van der Waals surface area (Å²) in [5, 5.41) is 3.00. The van der Waals surface area contributed by atoms with Crippen molar-refractivity contribution in [1.29, 1.82) is 0 Å². The third-order valence-corrected chi connectivity index (χ3v) is 2.43. The molecule has 1 unspecified atom stereocenters. The number of nitrogens with zero attached hydrogens (tertiary/aromatic N) is 1. The van der Waals surface area contributed by atoms with Crippen molar-refractivity contribution in [3.8, 4) is 0 Å². The van der Waals surface area contributed by atoms with Gasteiger partial charge in [0.15, 0.2) is 0 Å². The molecule has 6 heteroatoms. The van der Waals surface area contributed by atoms with Gasteiger partial charge in [0.05, 0.1) is 19.2 Å². The molecule has 0 saturated carbocycles. The lowest BCUT2D eigenvalue weighted by Crippen LogP contribution is -2.43. The van der Waals surface area contributed by atoms with Crippen LogP contribution in [0.25, 0.3) is 0 Å². The van der Waals surface area contributed by atoms with Crippen molar-refractivity contribution in [1.82, 2.24) is 10.7 Å². The molecule has 0 amide bonds. The highest BCUT2D eigenvalue weighted by Crippen LogP contribution is 2.15. The minimum Gasteiger partial charge on any atom is -0.383 e. The lowest BCUT2D eigenvalue weighted by atomic mass is 10.1. The number of guanidine groups is 1. The molecule has 0 bridgehead atoms. The summed E-state index contributed by atoms with van der Waals surface area (Å²) >= 11 is 0. The highest BCUT2D eigenvalue weighted by Gasteiger charge is 2.11. The third kappa shape index (κ3) is 4.31. The summed E-state index contributed by atoms with van der Waals surface area (Å²) in [6.07, 6.45) is 0. The molecule has 18 heavy (non-hydrogen) atoms. The van der Waals surface area contributed by atoms with Crippen molar-refractivity contribution in [3.63, 3.8) is 0 Å². The van der Waals surface area contributed by atoms with Gasteiger partial charge in [-0.2, -0.15) is 0 Å². The molecule has 5 nitrogen and oxygen atoms in total. The molecule has 1 rings (SSSR count). The quantitative estimate of drug-likeness (QED) is 0.240. The van der Waals surface area contributed by atoms with Gasteiger partial charge >= 0.3 is 0 Å². The van der Waals surface area contributed by atoms with Crippen LogP contribution in [-0.4, -0.2) is 26.2 Å². The van der Waals surface area contributed by atoms with Crippen molar-refractivity contribution in [2.75, 3.05) is 20.3 Å². The van der Waals surface area contributed by atoms with E-state index in [1.54, 1.807) is 25.3 Å². The van der Waals surface area contributed by atoms with Crippen LogP contribution in [0, 0.1) is 5.82 Å². The standard InChI is InChI=1S/C12H19FN4O/c1-9(10-5-3-4-6-11(10)13)16-12(17-14)15-7-8-18-2/h3-6,9H,7-8,14H2,1-2H3,(H2,15,16,17). The second kappa shape index (κ2) is 7.62. The Kier molecular flexibility index (Phi) is 6.10. The summed E-state index contributed by atoms with van der Waals surface area (Å²) in [5.41, 5.74) is 3.00. The fourth-order valence-corrected chi connectivity index (χ4v) is 1.49. The highest BCUT2D eigenvalue weighted by molar-refractivity contribution is 5.79. The lowest BCUT2D eigenvalue weighted by molar-refractivity contribution is 0.208. The minimum absolute atomic E-state index is 0.233. The average molecular weight is 254 g/mol. The molecule has 0 aliphatic rings. The number of hydrazine groups is 1. The summed E-state index contributed by atoms with van der Waals surface area (Å²) in [7, 11) is 1.60. The van der Waals surface area contributed by atoms with Gasteiger partial charge in [-0.1, -0.05) is 18.2 Å². The second-order valence-electron chi connectivity index (χ2n) is 3.76. The van der Waals surface area contributed by atoms with Gasteiger partial charge in [-0.15, -0.1) is 0 Å². The van der Waals surface area contributed by atoms with Crippen LogP contribution in [0.2, 0.25) is 0 Å². The zero-order chi connectivity index (χ0) is 13.4.